The molecule has 82 valence electrons. The number of carboxylic acid groups (broad SMARTS) is 1. The second-order valence-corrected chi connectivity index (χ2v) is 4.14. The Morgan fingerprint density at radius 1 is 1.53 bits per heavy atom. The second kappa shape index (κ2) is 4.88. The van der Waals surface area contributed by atoms with E-state index in [9.17, 15) is 9.59 Å². The third kappa shape index (κ3) is 3.02. The maximum absolute atomic E-state index is 11.5. The number of aromatic nitrogens is 1. The molecule has 6 heteroatoms. The highest BCUT2D eigenvalue weighted by Gasteiger charge is 2.21. The van der Waals surface area contributed by atoms with Crippen LogP contribution >= 0.6 is 11.3 Å². The van der Waals surface area contributed by atoms with Crippen LogP contribution in [0.25, 0.3) is 0 Å². The van der Waals surface area contributed by atoms with Crippen LogP contribution in [0.2, 0.25) is 0 Å². The van der Waals surface area contributed by atoms with E-state index in [1.54, 1.807) is 19.4 Å². The third-order valence-electron chi connectivity index (χ3n) is 2.15. The van der Waals surface area contributed by atoms with E-state index in [2.05, 4.69) is 10.3 Å². The largest absolute Gasteiger partial charge is 0.481 e. The van der Waals surface area contributed by atoms with E-state index >= 15 is 0 Å². The number of thiazole rings is 1. The summed E-state index contributed by atoms with van der Waals surface area (Å²) in [7, 11) is 0. The van der Waals surface area contributed by atoms with E-state index in [1.165, 1.54) is 17.5 Å². The van der Waals surface area contributed by atoms with Crippen LogP contribution in [-0.2, 0) is 4.79 Å². The number of nitrogens with one attached hydrogen (secondary N) is 1. The standard InChI is InChI=1S/C9H12N2O3S/c1-5(9(13)14)6(2)11-8(12)7-3-10-4-15-7/h3-6H,1-2H3,(H,11,12)(H,13,14). The molecule has 0 saturated heterocycles. The molecule has 2 N–H and O–H groups in total. The first-order valence-electron chi connectivity index (χ1n) is 4.44. The van der Waals surface area contributed by atoms with Crippen molar-refractivity contribution in [2.45, 2.75) is 19.9 Å². The molecule has 1 heterocycles. The SMILES string of the molecule is CC(NC(=O)c1cncs1)C(C)C(=O)O. The normalized spacial score (nSPS) is 14.3. The summed E-state index contributed by atoms with van der Waals surface area (Å²) in [6.45, 7) is 3.22. The zero-order valence-electron chi connectivity index (χ0n) is 8.43. The van der Waals surface area contributed by atoms with Crippen LogP contribution in [0.5, 0.6) is 0 Å². The lowest BCUT2D eigenvalue weighted by Gasteiger charge is -2.16. The number of carbonyl (C=O) groups excluding carboxylic acids is 1. The number of aliphatic carboxylic acids is 1. The van der Waals surface area contributed by atoms with Gasteiger partial charge in [0.15, 0.2) is 0 Å². The Labute approximate surface area is 91.1 Å². The van der Waals surface area contributed by atoms with Crippen molar-refractivity contribution in [3.05, 3.63) is 16.6 Å². The molecule has 1 rings (SSSR count). The van der Waals surface area contributed by atoms with Gasteiger partial charge in [-0.25, -0.2) is 0 Å². The number of carboxylic acids is 1. The van der Waals surface area contributed by atoms with Crippen molar-refractivity contribution >= 4 is 23.2 Å². The summed E-state index contributed by atoms with van der Waals surface area (Å²) in [5.41, 5.74) is 1.56. The van der Waals surface area contributed by atoms with E-state index < -0.39 is 17.9 Å². The number of carbonyl (C=O) groups is 2. The molecule has 1 amide bonds. The van der Waals surface area contributed by atoms with Crippen molar-refractivity contribution in [2.24, 2.45) is 5.92 Å². The molecule has 0 aliphatic heterocycles. The number of nitrogens with zero attached hydrogens (tertiary/aromatic N) is 1. The fourth-order valence-corrected chi connectivity index (χ4v) is 1.47. The summed E-state index contributed by atoms with van der Waals surface area (Å²) in [6.07, 6.45) is 1.46. The maximum Gasteiger partial charge on any atom is 0.308 e. The van der Waals surface area contributed by atoms with Gasteiger partial charge in [-0.3, -0.25) is 14.6 Å². The Bertz CT molecular complexity index is 350. The minimum Gasteiger partial charge on any atom is -0.481 e. The first-order chi connectivity index (χ1) is 7.02. The first-order valence-corrected chi connectivity index (χ1v) is 5.32. The summed E-state index contributed by atoms with van der Waals surface area (Å²) >= 11 is 1.22. The van der Waals surface area contributed by atoms with Gasteiger partial charge in [-0.05, 0) is 13.8 Å². The lowest BCUT2D eigenvalue weighted by molar-refractivity contribution is -0.141. The number of hydrogen-bond acceptors (Lipinski definition) is 4. The van der Waals surface area contributed by atoms with Gasteiger partial charge in [-0.2, -0.15) is 0 Å². The smallest absolute Gasteiger partial charge is 0.308 e. The van der Waals surface area contributed by atoms with E-state index in [-0.39, 0.29) is 5.91 Å². The van der Waals surface area contributed by atoms with Gasteiger partial charge >= 0.3 is 5.97 Å². The molecule has 0 saturated carbocycles. The molecular formula is C9H12N2O3S. The van der Waals surface area contributed by atoms with Gasteiger partial charge in [-0.15, -0.1) is 11.3 Å². The summed E-state index contributed by atoms with van der Waals surface area (Å²) in [4.78, 5) is 26.4. The van der Waals surface area contributed by atoms with Crippen molar-refractivity contribution in [1.29, 1.82) is 0 Å². The molecule has 1 aromatic heterocycles. The Morgan fingerprint density at radius 3 is 2.67 bits per heavy atom. The summed E-state index contributed by atoms with van der Waals surface area (Å²) < 4.78 is 0. The van der Waals surface area contributed by atoms with Gasteiger partial charge in [0.2, 0.25) is 0 Å². The van der Waals surface area contributed by atoms with E-state index in [1.807, 2.05) is 0 Å². The van der Waals surface area contributed by atoms with Crippen LogP contribution in [-0.4, -0.2) is 28.0 Å². The van der Waals surface area contributed by atoms with Crippen LogP contribution in [0.1, 0.15) is 23.5 Å². The molecule has 0 radical (unpaired) electrons. The molecule has 0 aliphatic carbocycles. The second-order valence-electron chi connectivity index (χ2n) is 3.25. The lowest BCUT2D eigenvalue weighted by atomic mass is 10.0. The van der Waals surface area contributed by atoms with E-state index in [0.717, 1.165) is 0 Å². The minimum absolute atomic E-state index is 0.280. The van der Waals surface area contributed by atoms with Gasteiger partial charge in [0, 0.05) is 6.04 Å². The van der Waals surface area contributed by atoms with Gasteiger partial charge in [0.05, 0.1) is 17.6 Å². The Morgan fingerprint density at radius 2 is 2.20 bits per heavy atom. The highest BCUT2D eigenvalue weighted by molar-refractivity contribution is 7.11. The molecule has 0 fully saturated rings. The zero-order chi connectivity index (χ0) is 11.4. The molecule has 2 unspecified atom stereocenters. The molecule has 0 bridgehead atoms. The molecular weight excluding hydrogens is 216 g/mol. The average Bonchev–Trinajstić information content (AvgIpc) is 2.68. The molecule has 0 spiro atoms. The highest BCUT2D eigenvalue weighted by Crippen LogP contribution is 2.08. The van der Waals surface area contributed by atoms with Crippen LogP contribution in [0.3, 0.4) is 0 Å². The fourth-order valence-electron chi connectivity index (χ4n) is 0.945. The van der Waals surface area contributed by atoms with Gasteiger partial charge < -0.3 is 10.4 Å². The molecule has 0 aromatic carbocycles. The molecule has 2 atom stereocenters. The lowest BCUT2D eigenvalue weighted by Crippen LogP contribution is -2.39. The number of hydrogen-bond donors (Lipinski definition) is 2. The average molecular weight is 228 g/mol. The van der Waals surface area contributed by atoms with Crippen molar-refractivity contribution in [1.82, 2.24) is 10.3 Å². The third-order valence-corrected chi connectivity index (χ3v) is 2.93. The van der Waals surface area contributed by atoms with Gasteiger partial charge in [0.25, 0.3) is 5.91 Å². The predicted octanol–water partition coefficient (Wildman–Crippen LogP) is 0.982. The van der Waals surface area contributed by atoms with Crippen LogP contribution in [0.4, 0.5) is 0 Å². The highest BCUT2D eigenvalue weighted by atomic mass is 32.1. The molecule has 5 nitrogen and oxygen atoms in total. The first kappa shape index (κ1) is 11.6. The maximum atomic E-state index is 11.5. The Kier molecular flexibility index (Phi) is 3.79. The van der Waals surface area contributed by atoms with Crippen molar-refractivity contribution < 1.29 is 14.7 Å². The minimum atomic E-state index is -0.924. The zero-order valence-corrected chi connectivity index (χ0v) is 9.25. The quantitative estimate of drug-likeness (QED) is 0.805. The van der Waals surface area contributed by atoms with Crippen LogP contribution in [0, 0.1) is 5.92 Å². The van der Waals surface area contributed by atoms with Crippen molar-refractivity contribution in [2.75, 3.05) is 0 Å². The van der Waals surface area contributed by atoms with Crippen LogP contribution < -0.4 is 5.32 Å². The monoisotopic (exact) mass is 228 g/mol. The number of amides is 1. The Balaban J connectivity index is 2.56. The van der Waals surface area contributed by atoms with Gasteiger partial charge in [-0.1, -0.05) is 0 Å². The Hall–Kier alpha value is -1.43. The van der Waals surface area contributed by atoms with E-state index in [4.69, 9.17) is 5.11 Å². The van der Waals surface area contributed by atoms with Crippen molar-refractivity contribution in [3.8, 4) is 0 Å². The topological polar surface area (TPSA) is 79.3 Å². The predicted molar refractivity (Wildman–Crippen MR) is 55.8 cm³/mol. The summed E-state index contributed by atoms with van der Waals surface area (Å²) in [5.74, 6) is -1.81. The van der Waals surface area contributed by atoms with Gasteiger partial charge in [0.1, 0.15) is 4.88 Å². The van der Waals surface area contributed by atoms with E-state index in [0.29, 0.717) is 4.88 Å². The molecule has 1 aromatic rings. The molecule has 15 heavy (non-hydrogen) atoms. The van der Waals surface area contributed by atoms with Crippen LogP contribution in [0.15, 0.2) is 11.7 Å². The summed E-state index contributed by atoms with van der Waals surface area (Å²) in [5, 5.41) is 11.3. The molecule has 0 aliphatic rings. The summed E-state index contributed by atoms with van der Waals surface area (Å²) in [6, 6.07) is -0.405. The fraction of sp³-hybridized carbons (Fsp3) is 0.444. The number of rotatable bonds is 4. The van der Waals surface area contributed by atoms with Crippen molar-refractivity contribution in [3.63, 3.8) is 0 Å².